The summed E-state index contributed by atoms with van der Waals surface area (Å²) in [5.41, 5.74) is 4.78. The zero-order valence-electron chi connectivity index (χ0n) is 11.9. The molecule has 0 aliphatic heterocycles. The van der Waals surface area contributed by atoms with Gasteiger partial charge in [-0.05, 0) is 32.0 Å². The molecular formula is C14H17N3O2S. The summed E-state index contributed by atoms with van der Waals surface area (Å²) in [7, 11) is 3.25. The molecule has 20 heavy (non-hydrogen) atoms. The van der Waals surface area contributed by atoms with E-state index < -0.39 is 0 Å². The van der Waals surface area contributed by atoms with Gasteiger partial charge in [0.2, 0.25) is 5.13 Å². The summed E-state index contributed by atoms with van der Waals surface area (Å²) in [4.78, 5) is 5.54. The number of nitrogens with one attached hydrogen (secondary N) is 1. The Labute approximate surface area is 122 Å². The Morgan fingerprint density at radius 3 is 2.65 bits per heavy atom. The summed E-state index contributed by atoms with van der Waals surface area (Å²) in [6.45, 7) is 4.01. The maximum atomic E-state index is 5.28. The van der Waals surface area contributed by atoms with Gasteiger partial charge < -0.3 is 9.47 Å². The van der Waals surface area contributed by atoms with E-state index in [1.165, 1.54) is 4.88 Å². The molecule has 0 bridgehead atoms. The highest BCUT2D eigenvalue weighted by molar-refractivity contribution is 7.15. The Bertz CT molecular complexity index is 603. The van der Waals surface area contributed by atoms with Crippen LogP contribution in [0.1, 0.15) is 16.1 Å². The highest BCUT2D eigenvalue weighted by Gasteiger charge is 2.04. The number of hydrogen-bond acceptors (Lipinski definition) is 6. The van der Waals surface area contributed by atoms with Gasteiger partial charge in [0.05, 0.1) is 26.1 Å². The predicted molar refractivity (Wildman–Crippen MR) is 82.4 cm³/mol. The van der Waals surface area contributed by atoms with Crippen molar-refractivity contribution in [3.63, 3.8) is 0 Å². The second kappa shape index (κ2) is 6.38. The van der Waals surface area contributed by atoms with Crippen molar-refractivity contribution in [3.05, 3.63) is 34.3 Å². The maximum absolute atomic E-state index is 5.28. The average Bonchev–Trinajstić information content (AvgIpc) is 2.77. The summed E-state index contributed by atoms with van der Waals surface area (Å²) in [6.07, 6.45) is 1.69. The Morgan fingerprint density at radius 1 is 1.25 bits per heavy atom. The first-order valence-corrected chi connectivity index (χ1v) is 6.91. The minimum absolute atomic E-state index is 0.739. The molecule has 106 valence electrons. The number of thiazole rings is 1. The first kappa shape index (κ1) is 14.3. The second-order valence-electron chi connectivity index (χ2n) is 4.14. The van der Waals surface area contributed by atoms with Crippen LogP contribution in [0.3, 0.4) is 0 Å². The fraction of sp³-hybridized carbons (Fsp3) is 0.286. The lowest BCUT2D eigenvalue weighted by Crippen LogP contribution is -1.95. The lowest BCUT2D eigenvalue weighted by Gasteiger charge is -2.06. The molecule has 6 heteroatoms. The zero-order chi connectivity index (χ0) is 14.5. The highest BCUT2D eigenvalue weighted by atomic mass is 32.1. The number of methoxy groups -OCH3 is 2. The summed E-state index contributed by atoms with van der Waals surface area (Å²) < 4.78 is 10.5. The summed E-state index contributed by atoms with van der Waals surface area (Å²) in [5, 5.41) is 4.96. The lowest BCUT2D eigenvalue weighted by atomic mass is 10.2. The van der Waals surface area contributed by atoms with Crippen LogP contribution in [0, 0.1) is 13.8 Å². The van der Waals surface area contributed by atoms with Gasteiger partial charge in [-0.1, -0.05) is 0 Å². The largest absolute Gasteiger partial charge is 0.497 e. The highest BCUT2D eigenvalue weighted by Crippen LogP contribution is 2.23. The second-order valence-corrected chi connectivity index (χ2v) is 5.34. The van der Waals surface area contributed by atoms with E-state index in [0.29, 0.717) is 0 Å². The molecule has 0 unspecified atom stereocenters. The monoisotopic (exact) mass is 291 g/mol. The molecule has 1 aromatic heterocycles. The molecule has 0 radical (unpaired) electrons. The minimum Gasteiger partial charge on any atom is -0.497 e. The van der Waals surface area contributed by atoms with Crippen molar-refractivity contribution in [2.24, 2.45) is 5.10 Å². The molecule has 1 N–H and O–H groups in total. The van der Waals surface area contributed by atoms with Gasteiger partial charge in [-0.25, -0.2) is 4.98 Å². The van der Waals surface area contributed by atoms with Crippen molar-refractivity contribution < 1.29 is 9.47 Å². The molecular weight excluding hydrogens is 274 g/mol. The number of aryl methyl sites for hydroxylation is 2. The minimum atomic E-state index is 0.739. The molecule has 0 fully saturated rings. The van der Waals surface area contributed by atoms with Gasteiger partial charge in [0.25, 0.3) is 0 Å². The van der Waals surface area contributed by atoms with Gasteiger partial charge in [0.1, 0.15) is 11.5 Å². The normalized spacial score (nSPS) is 10.8. The van der Waals surface area contributed by atoms with E-state index in [1.807, 2.05) is 32.0 Å². The van der Waals surface area contributed by atoms with Crippen molar-refractivity contribution in [2.45, 2.75) is 13.8 Å². The molecule has 0 spiro atoms. The molecule has 0 atom stereocenters. The van der Waals surface area contributed by atoms with Crippen LogP contribution in [0.5, 0.6) is 11.5 Å². The quantitative estimate of drug-likeness (QED) is 0.679. The van der Waals surface area contributed by atoms with Gasteiger partial charge in [-0.2, -0.15) is 5.10 Å². The van der Waals surface area contributed by atoms with Crippen LogP contribution >= 0.6 is 11.3 Å². The molecule has 0 aliphatic rings. The van der Waals surface area contributed by atoms with E-state index in [-0.39, 0.29) is 0 Å². The number of nitrogens with zero attached hydrogens (tertiary/aromatic N) is 2. The lowest BCUT2D eigenvalue weighted by molar-refractivity contribution is 0.402. The Balaban J connectivity index is 2.14. The van der Waals surface area contributed by atoms with Gasteiger partial charge in [-0.15, -0.1) is 11.3 Å². The third-order valence-electron chi connectivity index (χ3n) is 2.83. The van der Waals surface area contributed by atoms with Crippen molar-refractivity contribution in [2.75, 3.05) is 19.6 Å². The molecule has 0 saturated heterocycles. The third-order valence-corrected chi connectivity index (χ3v) is 3.81. The molecule has 1 aromatic carbocycles. The van der Waals surface area contributed by atoms with E-state index in [4.69, 9.17) is 9.47 Å². The first-order valence-electron chi connectivity index (χ1n) is 6.09. The van der Waals surface area contributed by atoms with Crippen LogP contribution in [0.15, 0.2) is 23.3 Å². The number of aromatic nitrogens is 1. The molecule has 0 amide bonds. The van der Waals surface area contributed by atoms with E-state index >= 15 is 0 Å². The van der Waals surface area contributed by atoms with Gasteiger partial charge in [-0.3, -0.25) is 5.43 Å². The topological polar surface area (TPSA) is 55.7 Å². The molecule has 1 heterocycles. The van der Waals surface area contributed by atoms with Crippen molar-refractivity contribution in [1.82, 2.24) is 4.98 Å². The average molecular weight is 291 g/mol. The van der Waals surface area contributed by atoms with Gasteiger partial charge in [0.15, 0.2) is 0 Å². The Kier molecular flexibility index (Phi) is 4.57. The van der Waals surface area contributed by atoms with Crippen LogP contribution in [0.25, 0.3) is 0 Å². The SMILES string of the molecule is COc1ccc(OC)c(/C=N/Nc2nc(C)c(C)s2)c1. The first-order chi connectivity index (χ1) is 9.63. The third kappa shape index (κ3) is 3.27. The van der Waals surface area contributed by atoms with Crippen LogP contribution in [-0.2, 0) is 0 Å². The van der Waals surface area contributed by atoms with E-state index in [9.17, 15) is 0 Å². The van der Waals surface area contributed by atoms with Crippen LogP contribution in [0.4, 0.5) is 5.13 Å². The number of hydrogen-bond donors (Lipinski definition) is 1. The number of anilines is 1. The van der Waals surface area contributed by atoms with Crippen LogP contribution in [0.2, 0.25) is 0 Å². The van der Waals surface area contributed by atoms with Crippen molar-refractivity contribution in [1.29, 1.82) is 0 Å². The van der Waals surface area contributed by atoms with E-state index in [1.54, 1.807) is 31.8 Å². The number of benzene rings is 1. The zero-order valence-corrected chi connectivity index (χ0v) is 12.7. The van der Waals surface area contributed by atoms with E-state index in [2.05, 4.69) is 15.5 Å². The van der Waals surface area contributed by atoms with Crippen molar-refractivity contribution in [3.8, 4) is 11.5 Å². The van der Waals surface area contributed by atoms with Crippen LogP contribution < -0.4 is 14.9 Å². The molecule has 5 nitrogen and oxygen atoms in total. The summed E-state index contributed by atoms with van der Waals surface area (Å²) >= 11 is 1.58. The smallest absolute Gasteiger partial charge is 0.203 e. The number of ether oxygens (including phenoxy) is 2. The van der Waals surface area contributed by atoms with Crippen LogP contribution in [-0.4, -0.2) is 25.4 Å². The molecule has 2 rings (SSSR count). The predicted octanol–water partition coefficient (Wildman–Crippen LogP) is 3.22. The van der Waals surface area contributed by atoms with Gasteiger partial charge in [0, 0.05) is 10.4 Å². The Hall–Kier alpha value is -2.08. The summed E-state index contributed by atoms with van der Waals surface area (Å²) in [6, 6.07) is 5.55. The fourth-order valence-corrected chi connectivity index (χ4v) is 2.38. The molecule has 0 aliphatic carbocycles. The number of rotatable bonds is 5. The maximum Gasteiger partial charge on any atom is 0.203 e. The van der Waals surface area contributed by atoms with Gasteiger partial charge >= 0.3 is 0 Å². The van der Waals surface area contributed by atoms with Crippen molar-refractivity contribution >= 4 is 22.7 Å². The fourth-order valence-electron chi connectivity index (χ4n) is 1.62. The van der Waals surface area contributed by atoms with E-state index in [0.717, 1.165) is 27.9 Å². The molecule has 2 aromatic rings. The number of hydrazone groups is 1. The standard InChI is InChI=1S/C14H17N3O2S/c1-9-10(2)20-14(16-9)17-15-8-11-7-12(18-3)5-6-13(11)19-4/h5-8H,1-4H3,(H,16,17)/b15-8+. The Morgan fingerprint density at radius 2 is 2.05 bits per heavy atom. The summed E-state index contributed by atoms with van der Waals surface area (Å²) in [5.74, 6) is 1.50. The molecule has 0 saturated carbocycles.